The lowest BCUT2D eigenvalue weighted by Gasteiger charge is -2.38. The largest absolute Gasteiger partial charge is 0.386 e. The minimum Gasteiger partial charge on any atom is -0.386 e. The number of hydrogen-bond acceptors (Lipinski definition) is 6. The van der Waals surface area contributed by atoms with Gasteiger partial charge in [0.15, 0.2) is 17.3 Å². The van der Waals surface area contributed by atoms with Crippen molar-refractivity contribution in [2.45, 2.75) is 64.8 Å². The van der Waals surface area contributed by atoms with Gasteiger partial charge in [-0.15, -0.1) is 0 Å². The van der Waals surface area contributed by atoms with Crippen molar-refractivity contribution in [3.63, 3.8) is 0 Å². The molecule has 1 aromatic carbocycles. The number of Topliss-reactive ketones (excluding diaryl/α,β-unsaturated/α-hetero) is 3. The number of piperidine rings is 1. The fraction of sp³-hybridized carbons (Fsp3) is 0.571. The van der Waals surface area contributed by atoms with E-state index in [4.69, 9.17) is 5.73 Å². The first-order valence-electron chi connectivity index (χ1n) is 12.9. The number of amides is 1. The van der Waals surface area contributed by atoms with Gasteiger partial charge in [-0.05, 0) is 50.2 Å². The molecule has 1 fully saturated rings. The average Bonchev–Trinajstić information content (AvgIpc) is 2.87. The normalized spacial score (nSPS) is 17.2. The third kappa shape index (κ3) is 9.36. The quantitative estimate of drug-likeness (QED) is 0.232. The van der Waals surface area contributed by atoms with Crippen molar-refractivity contribution < 1.29 is 23.6 Å². The molecule has 3 atom stereocenters. The number of carbonyl (C=O) groups is 4. The average molecular weight is 581 g/mol. The molecule has 2 rings (SSSR count). The molecule has 3 N–H and O–H groups in total. The van der Waals surface area contributed by atoms with E-state index in [9.17, 15) is 23.6 Å². The van der Waals surface area contributed by atoms with Gasteiger partial charge in [0.1, 0.15) is 6.67 Å². The van der Waals surface area contributed by atoms with E-state index in [-0.39, 0.29) is 36.2 Å². The fourth-order valence-electron chi connectivity index (χ4n) is 4.77. The van der Waals surface area contributed by atoms with Gasteiger partial charge in [0.2, 0.25) is 5.91 Å². The van der Waals surface area contributed by atoms with E-state index in [1.807, 2.05) is 13.8 Å². The molecular formula is C28H39BrFN3O4. The Morgan fingerprint density at radius 2 is 1.84 bits per heavy atom. The number of nitrogens with one attached hydrogen (secondary N) is 1. The number of hydrogen-bond donors (Lipinski definition) is 2. The molecule has 0 spiro atoms. The van der Waals surface area contributed by atoms with Crippen molar-refractivity contribution in [2.75, 3.05) is 19.8 Å². The summed E-state index contributed by atoms with van der Waals surface area (Å²) in [5, 5.41) is 2.86. The second kappa shape index (κ2) is 15.0. The van der Waals surface area contributed by atoms with Gasteiger partial charge in [-0.2, -0.15) is 0 Å². The van der Waals surface area contributed by atoms with Crippen LogP contribution in [-0.2, 0) is 14.4 Å². The maximum absolute atomic E-state index is 13.7. The van der Waals surface area contributed by atoms with Gasteiger partial charge in [-0.1, -0.05) is 48.5 Å². The Morgan fingerprint density at radius 1 is 1.16 bits per heavy atom. The molecule has 0 saturated carbocycles. The number of alkyl halides is 1. The molecule has 0 unspecified atom stereocenters. The smallest absolute Gasteiger partial charge is 0.227 e. The first kappa shape index (κ1) is 30.7. The fourth-order valence-corrected chi connectivity index (χ4v) is 5.03. The number of benzene rings is 1. The number of halogens is 2. The zero-order valence-electron chi connectivity index (χ0n) is 21.8. The highest BCUT2D eigenvalue weighted by Gasteiger charge is 2.38. The summed E-state index contributed by atoms with van der Waals surface area (Å²) in [5.74, 6) is -2.27. The van der Waals surface area contributed by atoms with Gasteiger partial charge in [0.05, 0.1) is 11.9 Å². The van der Waals surface area contributed by atoms with Crippen LogP contribution in [0.4, 0.5) is 4.39 Å². The molecule has 37 heavy (non-hydrogen) atoms. The van der Waals surface area contributed by atoms with E-state index < -0.39 is 30.3 Å². The van der Waals surface area contributed by atoms with Gasteiger partial charge in [-0.25, -0.2) is 4.39 Å². The maximum Gasteiger partial charge on any atom is 0.227 e. The molecule has 1 saturated heterocycles. The van der Waals surface area contributed by atoms with Crippen LogP contribution in [0.1, 0.15) is 69.2 Å². The molecule has 1 aromatic rings. The van der Waals surface area contributed by atoms with Crippen LogP contribution in [0.25, 0.3) is 0 Å². The summed E-state index contributed by atoms with van der Waals surface area (Å²) < 4.78 is 14.1. The lowest BCUT2D eigenvalue weighted by atomic mass is 9.84. The van der Waals surface area contributed by atoms with Crippen molar-refractivity contribution in [2.24, 2.45) is 23.5 Å². The summed E-state index contributed by atoms with van der Waals surface area (Å²) in [4.78, 5) is 53.8. The van der Waals surface area contributed by atoms with E-state index in [0.717, 1.165) is 17.3 Å². The molecule has 1 aliphatic heterocycles. The van der Waals surface area contributed by atoms with Crippen LogP contribution in [0.15, 0.2) is 41.1 Å². The lowest BCUT2D eigenvalue weighted by molar-refractivity contribution is -0.146. The van der Waals surface area contributed by atoms with E-state index in [2.05, 4.69) is 27.8 Å². The van der Waals surface area contributed by atoms with Crippen LogP contribution in [-0.4, -0.2) is 54.0 Å². The van der Waals surface area contributed by atoms with Crippen LogP contribution >= 0.6 is 15.9 Å². The molecule has 9 heteroatoms. The maximum atomic E-state index is 13.7. The lowest BCUT2D eigenvalue weighted by Crippen LogP contribution is -2.51. The third-order valence-corrected chi connectivity index (χ3v) is 7.50. The Kier molecular flexibility index (Phi) is 12.4. The molecule has 1 aliphatic rings. The summed E-state index contributed by atoms with van der Waals surface area (Å²) in [7, 11) is 0. The van der Waals surface area contributed by atoms with Gasteiger partial charge < -0.3 is 16.0 Å². The van der Waals surface area contributed by atoms with Crippen LogP contribution in [0, 0.1) is 17.8 Å². The highest BCUT2D eigenvalue weighted by molar-refractivity contribution is 9.10. The van der Waals surface area contributed by atoms with Gasteiger partial charge in [0.25, 0.3) is 0 Å². The second-order valence-corrected chi connectivity index (χ2v) is 11.0. The summed E-state index contributed by atoms with van der Waals surface area (Å²) in [6.45, 7) is 7.11. The number of rotatable bonds is 15. The molecule has 0 aliphatic carbocycles. The SMILES string of the molecule is C=C(N)NCCC[C@H](CC(=O)[C@@H]1CCCCN1C(=O)[C@@H](CC(=O)c1ccc(Br)cc1)C(C)C)C(=O)CF. The number of likely N-dealkylation sites (tertiary alicyclic amines) is 1. The Labute approximate surface area is 227 Å². The molecule has 204 valence electrons. The van der Waals surface area contributed by atoms with Crippen molar-refractivity contribution in [3.8, 4) is 0 Å². The topological polar surface area (TPSA) is 110 Å². The van der Waals surface area contributed by atoms with Crippen LogP contribution < -0.4 is 11.1 Å². The predicted octanol–water partition coefficient (Wildman–Crippen LogP) is 4.59. The summed E-state index contributed by atoms with van der Waals surface area (Å²) in [6, 6.07) is 6.36. The Morgan fingerprint density at radius 3 is 2.43 bits per heavy atom. The van der Waals surface area contributed by atoms with Crippen molar-refractivity contribution in [1.82, 2.24) is 10.2 Å². The van der Waals surface area contributed by atoms with E-state index in [1.165, 1.54) is 0 Å². The van der Waals surface area contributed by atoms with Crippen molar-refractivity contribution in [3.05, 3.63) is 46.7 Å². The van der Waals surface area contributed by atoms with E-state index >= 15 is 0 Å². The van der Waals surface area contributed by atoms with Crippen LogP contribution in [0.2, 0.25) is 0 Å². The second-order valence-electron chi connectivity index (χ2n) is 10.1. The highest BCUT2D eigenvalue weighted by atomic mass is 79.9. The van der Waals surface area contributed by atoms with Gasteiger partial charge >= 0.3 is 0 Å². The van der Waals surface area contributed by atoms with Crippen LogP contribution in [0.3, 0.4) is 0 Å². The Hall–Kier alpha value is -2.55. The summed E-state index contributed by atoms with van der Waals surface area (Å²) in [5.41, 5.74) is 6.02. The number of nitrogens with zero attached hydrogens (tertiary/aromatic N) is 1. The molecule has 7 nitrogen and oxygen atoms in total. The van der Waals surface area contributed by atoms with Crippen molar-refractivity contribution in [1.29, 1.82) is 0 Å². The summed E-state index contributed by atoms with van der Waals surface area (Å²) in [6.07, 6.45) is 2.87. The molecule has 0 radical (unpaired) electrons. The summed E-state index contributed by atoms with van der Waals surface area (Å²) >= 11 is 3.36. The molecular weight excluding hydrogens is 541 g/mol. The van der Waals surface area contributed by atoms with Gasteiger partial charge in [0, 0.05) is 47.8 Å². The number of carbonyl (C=O) groups excluding carboxylic acids is 4. The number of ketones is 3. The molecule has 0 bridgehead atoms. The minimum absolute atomic E-state index is 0.0535. The van der Waals surface area contributed by atoms with E-state index in [1.54, 1.807) is 29.2 Å². The zero-order valence-corrected chi connectivity index (χ0v) is 23.4. The number of nitrogens with two attached hydrogens (primary N) is 1. The first-order valence-corrected chi connectivity index (χ1v) is 13.7. The van der Waals surface area contributed by atoms with E-state index in [0.29, 0.717) is 43.7 Å². The molecule has 1 heterocycles. The van der Waals surface area contributed by atoms with Gasteiger partial charge in [-0.3, -0.25) is 19.2 Å². The minimum atomic E-state index is -1.13. The predicted molar refractivity (Wildman–Crippen MR) is 145 cm³/mol. The third-order valence-electron chi connectivity index (χ3n) is 6.97. The Bertz CT molecular complexity index is 967. The van der Waals surface area contributed by atoms with Crippen LogP contribution in [0.5, 0.6) is 0 Å². The standard InChI is InChI=1S/C28H39BrFN3O4/c1-18(2)23(16-25(34)20-9-11-22(29)12-10-20)28(37)33-14-5-4-8-24(33)26(35)15-21(27(36)17-30)7-6-13-32-19(3)31/h9-12,18,21,23-24,32H,3-8,13-17,31H2,1-2H3/t21-,23+,24+/m1/s1. The monoisotopic (exact) mass is 579 g/mol. The molecule has 0 aromatic heterocycles. The first-order chi connectivity index (χ1) is 17.5. The van der Waals surface area contributed by atoms with Crippen molar-refractivity contribution >= 4 is 39.2 Å². The Balaban J connectivity index is 2.13. The zero-order chi connectivity index (χ0) is 27.5. The highest BCUT2D eigenvalue weighted by Crippen LogP contribution is 2.28. The molecule has 1 amide bonds.